The Balaban J connectivity index is 2.85. The number of thiol groups is 1. The van der Waals surface area contributed by atoms with E-state index in [1.807, 2.05) is 0 Å². The minimum Gasteiger partial charge on any atom is -0.135 e. The molecule has 3 heteroatoms. The van der Waals surface area contributed by atoms with E-state index in [1.54, 1.807) is 0 Å². The first-order chi connectivity index (χ1) is 2.27. The monoisotopic (exact) mass is 170 g/mol. The molecule has 0 heterocycles. The highest BCUT2D eigenvalue weighted by molar-refractivity contribution is 9.09. The summed E-state index contributed by atoms with van der Waals surface area (Å²) in [5, 5.41) is 0.714. The maximum atomic E-state index is 4.51. The van der Waals surface area contributed by atoms with Gasteiger partial charge in [0.05, 0.1) is 4.20 Å². The summed E-state index contributed by atoms with van der Waals surface area (Å²) in [4.78, 5) is 0. The van der Waals surface area contributed by atoms with Gasteiger partial charge in [-0.05, 0) is 0 Å². The van der Waals surface area contributed by atoms with E-state index < -0.39 is 0 Å². The van der Waals surface area contributed by atoms with E-state index in [2.05, 4.69) is 40.8 Å². The van der Waals surface area contributed by atoms with Crippen molar-refractivity contribution in [1.82, 2.24) is 0 Å². The van der Waals surface area contributed by atoms with Crippen molar-refractivity contribution >= 4 is 45.0 Å². The van der Waals surface area contributed by atoms with Crippen molar-refractivity contribution in [2.45, 2.75) is 0 Å². The lowest BCUT2D eigenvalue weighted by Gasteiger charge is -1.73. The molecule has 0 nitrogen and oxygen atoms in total. The standard InChI is InChI=1S/C2H3BrS2/c3-1-2(4)5/h1H2,(H,4,5). The van der Waals surface area contributed by atoms with E-state index in [1.165, 1.54) is 0 Å². The minimum atomic E-state index is 0.699. The van der Waals surface area contributed by atoms with Crippen LogP contribution in [-0.4, -0.2) is 9.53 Å². The number of alkyl halides is 1. The van der Waals surface area contributed by atoms with Gasteiger partial charge in [-0.3, -0.25) is 0 Å². The summed E-state index contributed by atoms with van der Waals surface area (Å²) in [6.07, 6.45) is 0. The molecular weight excluding hydrogens is 168 g/mol. The van der Waals surface area contributed by atoms with Gasteiger partial charge in [-0.2, -0.15) is 0 Å². The fraction of sp³-hybridized carbons (Fsp3) is 0.500. The Morgan fingerprint density at radius 2 is 2.20 bits per heavy atom. The van der Waals surface area contributed by atoms with Crippen LogP contribution in [0.5, 0.6) is 0 Å². The molecule has 0 aromatic heterocycles. The molecule has 0 aliphatic rings. The summed E-state index contributed by atoms with van der Waals surface area (Å²) in [5.74, 6) is 0. The van der Waals surface area contributed by atoms with Crippen LogP contribution in [0.4, 0.5) is 0 Å². The number of halogens is 1. The predicted molar refractivity (Wildman–Crippen MR) is 35.4 cm³/mol. The van der Waals surface area contributed by atoms with Gasteiger partial charge in [-0.15, -0.1) is 12.6 Å². The van der Waals surface area contributed by atoms with E-state index >= 15 is 0 Å². The SMILES string of the molecule is S=C(S)CBr. The Kier molecular flexibility index (Phi) is 3.70. The Labute approximate surface area is 50.5 Å². The van der Waals surface area contributed by atoms with Crippen molar-refractivity contribution in [3.8, 4) is 0 Å². The molecule has 0 unspecified atom stereocenters. The highest BCUT2D eigenvalue weighted by atomic mass is 79.9. The van der Waals surface area contributed by atoms with Crippen molar-refractivity contribution in [1.29, 1.82) is 0 Å². The maximum absolute atomic E-state index is 4.51. The van der Waals surface area contributed by atoms with E-state index in [0.717, 1.165) is 0 Å². The molecular formula is C2H3BrS2. The number of rotatable bonds is 1. The second-order valence-electron chi connectivity index (χ2n) is 0.527. The molecule has 30 valence electrons. The van der Waals surface area contributed by atoms with Gasteiger partial charge >= 0.3 is 0 Å². The van der Waals surface area contributed by atoms with Crippen LogP contribution < -0.4 is 0 Å². The molecule has 0 aliphatic heterocycles. The van der Waals surface area contributed by atoms with E-state index in [0.29, 0.717) is 9.53 Å². The first-order valence-corrected chi connectivity index (χ1v) is 3.03. The smallest absolute Gasteiger partial charge is 0.0553 e. The molecule has 0 spiro atoms. The fourth-order valence-electron chi connectivity index (χ4n) is 0. The lowest BCUT2D eigenvalue weighted by molar-refractivity contribution is 2.21. The first kappa shape index (κ1) is 5.92. The quantitative estimate of drug-likeness (QED) is 0.355. The topological polar surface area (TPSA) is 0 Å². The second-order valence-corrected chi connectivity index (χ2v) is 2.42. The van der Waals surface area contributed by atoms with Crippen LogP contribution in [0, 0.1) is 0 Å². The van der Waals surface area contributed by atoms with Crippen molar-refractivity contribution in [3.05, 3.63) is 0 Å². The second kappa shape index (κ2) is 3.12. The van der Waals surface area contributed by atoms with E-state index in [9.17, 15) is 0 Å². The molecule has 0 aromatic rings. The van der Waals surface area contributed by atoms with E-state index in [4.69, 9.17) is 0 Å². The molecule has 5 heavy (non-hydrogen) atoms. The number of hydrogen-bond donors (Lipinski definition) is 1. The summed E-state index contributed by atoms with van der Waals surface area (Å²) in [6.45, 7) is 0. The van der Waals surface area contributed by atoms with Crippen LogP contribution >= 0.6 is 40.8 Å². The van der Waals surface area contributed by atoms with Gasteiger partial charge in [0.1, 0.15) is 0 Å². The summed E-state index contributed by atoms with van der Waals surface area (Å²) in [7, 11) is 0. The van der Waals surface area contributed by atoms with Gasteiger partial charge < -0.3 is 0 Å². The fourth-order valence-corrected chi connectivity index (χ4v) is 0. The third-order valence-corrected chi connectivity index (χ3v) is 1.78. The third kappa shape index (κ3) is 4.92. The van der Waals surface area contributed by atoms with Gasteiger partial charge in [0.15, 0.2) is 0 Å². The zero-order chi connectivity index (χ0) is 4.28. The Hall–Kier alpha value is 0.920. The van der Waals surface area contributed by atoms with Gasteiger partial charge in [0.25, 0.3) is 0 Å². The molecule has 0 radical (unpaired) electrons. The predicted octanol–water partition coefficient (Wildman–Crippen LogP) is 1.64. The molecule has 0 atom stereocenters. The van der Waals surface area contributed by atoms with Crippen LogP contribution in [0.2, 0.25) is 0 Å². The van der Waals surface area contributed by atoms with Crippen LogP contribution in [0.1, 0.15) is 0 Å². The van der Waals surface area contributed by atoms with Crippen LogP contribution in [0.3, 0.4) is 0 Å². The molecule has 0 N–H and O–H groups in total. The summed E-state index contributed by atoms with van der Waals surface area (Å²) < 4.78 is 0.699. The lowest BCUT2D eigenvalue weighted by atomic mass is 11.0. The number of thiocarbonyl (C=S) groups is 1. The highest BCUT2D eigenvalue weighted by Gasteiger charge is 1.74. The van der Waals surface area contributed by atoms with Gasteiger partial charge in [0.2, 0.25) is 0 Å². The van der Waals surface area contributed by atoms with Gasteiger partial charge in [0, 0.05) is 5.33 Å². The van der Waals surface area contributed by atoms with Crippen molar-refractivity contribution in [2.75, 3.05) is 5.33 Å². The first-order valence-electron chi connectivity index (χ1n) is 1.05. The zero-order valence-electron chi connectivity index (χ0n) is 2.44. The normalized spacial score (nSPS) is 7.60. The summed E-state index contributed by atoms with van der Waals surface area (Å²) in [5.41, 5.74) is 0. The average Bonchev–Trinajstić information content (AvgIpc) is 1.38. The largest absolute Gasteiger partial charge is 0.135 e. The average molecular weight is 171 g/mol. The molecule has 0 bridgehead atoms. The highest BCUT2D eigenvalue weighted by Crippen LogP contribution is 1.87. The Bertz CT molecular complexity index is 42.9. The Morgan fingerprint density at radius 1 is 2.00 bits per heavy atom. The van der Waals surface area contributed by atoms with E-state index in [-0.39, 0.29) is 0 Å². The summed E-state index contributed by atoms with van der Waals surface area (Å²) >= 11 is 11.4. The minimum absolute atomic E-state index is 0.699. The zero-order valence-corrected chi connectivity index (χ0v) is 5.74. The molecule has 0 aliphatic carbocycles. The van der Waals surface area contributed by atoms with Crippen molar-refractivity contribution in [2.24, 2.45) is 0 Å². The lowest BCUT2D eigenvalue weighted by Crippen LogP contribution is -1.76. The third-order valence-electron chi connectivity index (χ3n) is 0.114. The molecule has 0 fully saturated rings. The van der Waals surface area contributed by atoms with Crippen LogP contribution in [-0.2, 0) is 0 Å². The van der Waals surface area contributed by atoms with Crippen LogP contribution in [0.25, 0.3) is 0 Å². The molecule has 0 amide bonds. The molecule has 0 saturated heterocycles. The van der Waals surface area contributed by atoms with Crippen LogP contribution in [0.15, 0.2) is 0 Å². The van der Waals surface area contributed by atoms with Gasteiger partial charge in [-0.25, -0.2) is 0 Å². The van der Waals surface area contributed by atoms with Crippen molar-refractivity contribution < 1.29 is 0 Å². The maximum Gasteiger partial charge on any atom is 0.0553 e. The number of hydrogen-bond acceptors (Lipinski definition) is 1. The van der Waals surface area contributed by atoms with Gasteiger partial charge in [-0.1, -0.05) is 28.1 Å². The summed E-state index contributed by atoms with van der Waals surface area (Å²) in [6, 6.07) is 0. The molecule has 0 aromatic carbocycles. The molecule has 0 rings (SSSR count). The van der Waals surface area contributed by atoms with Crippen molar-refractivity contribution in [3.63, 3.8) is 0 Å². The Morgan fingerprint density at radius 3 is 2.20 bits per heavy atom. The molecule has 0 saturated carbocycles.